The van der Waals surface area contributed by atoms with Crippen molar-refractivity contribution in [1.82, 2.24) is 5.32 Å². The summed E-state index contributed by atoms with van der Waals surface area (Å²) in [4.78, 5) is 11.3. The van der Waals surface area contributed by atoms with E-state index in [2.05, 4.69) is 11.2 Å². The first-order valence-electron chi connectivity index (χ1n) is 8.31. The molecule has 1 saturated heterocycles. The van der Waals surface area contributed by atoms with E-state index in [-0.39, 0.29) is 10.7 Å². The van der Waals surface area contributed by atoms with Crippen molar-refractivity contribution in [3.8, 4) is 0 Å². The van der Waals surface area contributed by atoms with Gasteiger partial charge in [-0.15, -0.1) is 0 Å². The number of hydrogen-bond acceptors (Lipinski definition) is 5. The van der Waals surface area contributed by atoms with Gasteiger partial charge in [0, 0.05) is 23.3 Å². The number of nitro benzene ring substituents is 1. The largest absolute Gasteiger partial charge is 0.366 e. The van der Waals surface area contributed by atoms with Crippen LogP contribution in [0.5, 0.6) is 0 Å². The lowest BCUT2D eigenvalue weighted by Gasteiger charge is -2.40. The predicted molar refractivity (Wildman–Crippen MR) is 104 cm³/mol. The molecule has 27 heavy (non-hydrogen) atoms. The fourth-order valence-electron chi connectivity index (χ4n) is 3.62. The maximum Gasteiger partial charge on any atom is 0.273 e. The van der Waals surface area contributed by atoms with Crippen LogP contribution in [-0.4, -0.2) is 26.6 Å². The third kappa shape index (κ3) is 3.38. The Morgan fingerprint density at radius 2 is 2.07 bits per heavy atom. The number of pyridine rings is 1. The second kappa shape index (κ2) is 7.00. The molecule has 138 valence electrons. The first-order chi connectivity index (χ1) is 12.8. The van der Waals surface area contributed by atoms with Crippen molar-refractivity contribution >= 4 is 28.8 Å². The Balaban J connectivity index is 2.31. The lowest BCUT2D eigenvalue weighted by molar-refractivity contribution is -0.741. The van der Waals surface area contributed by atoms with E-state index < -0.39 is 22.6 Å². The van der Waals surface area contributed by atoms with Gasteiger partial charge >= 0.3 is 0 Å². The Morgan fingerprint density at radius 3 is 2.70 bits per heavy atom. The highest BCUT2D eigenvalue weighted by Gasteiger charge is 2.54. The molecule has 0 amide bonds. The van der Waals surface area contributed by atoms with E-state index in [0.717, 1.165) is 5.56 Å². The highest BCUT2D eigenvalue weighted by molar-refractivity contribution is 7.80. The molecular weight excluding hydrogens is 364 g/mol. The summed E-state index contributed by atoms with van der Waals surface area (Å²) in [7, 11) is 0. The number of aryl methyl sites for hydroxylation is 1. The van der Waals surface area contributed by atoms with Crippen molar-refractivity contribution in [1.29, 1.82) is 5.41 Å². The molecule has 1 aromatic heterocycles. The van der Waals surface area contributed by atoms with E-state index in [1.807, 2.05) is 25.3 Å². The number of rotatable bonds is 3. The van der Waals surface area contributed by atoms with Gasteiger partial charge in [-0.05, 0) is 25.8 Å². The smallest absolute Gasteiger partial charge is 0.273 e. The van der Waals surface area contributed by atoms with Crippen molar-refractivity contribution in [2.24, 2.45) is 0 Å². The molecule has 7 nitrogen and oxygen atoms in total. The number of hydrogen-bond donors (Lipinski definition) is 3. The van der Waals surface area contributed by atoms with Crippen LogP contribution in [0.15, 0.2) is 54.4 Å². The van der Waals surface area contributed by atoms with Crippen LogP contribution in [-0.2, 0) is 0 Å². The second-order valence-electron chi connectivity index (χ2n) is 6.71. The average molecular weight is 383 g/mol. The van der Waals surface area contributed by atoms with Gasteiger partial charge in [-0.25, -0.2) is 0 Å². The van der Waals surface area contributed by atoms with Crippen molar-refractivity contribution in [3.63, 3.8) is 0 Å². The van der Waals surface area contributed by atoms with Crippen LogP contribution in [0.2, 0.25) is 0 Å². The molecule has 3 rings (SSSR count). The van der Waals surface area contributed by atoms with Crippen LogP contribution < -0.4 is 9.88 Å². The number of aliphatic hydroxyl groups is 1. The van der Waals surface area contributed by atoms with Gasteiger partial charge < -0.3 is 10.4 Å². The second-order valence-corrected chi connectivity index (χ2v) is 7.12. The number of nitrogens with one attached hydrogen (secondary N) is 2. The number of para-hydroxylation sites is 1. The maximum atomic E-state index is 11.6. The minimum absolute atomic E-state index is 0.0889. The summed E-state index contributed by atoms with van der Waals surface area (Å²) in [5.41, 5.74) is 0.0481. The molecular formula is C19H19N4O3S+. The molecule has 3 N–H and O–H groups in total. The van der Waals surface area contributed by atoms with Gasteiger partial charge in [0.1, 0.15) is 4.99 Å². The van der Waals surface area contributed by atoms with Crippen LogP contribution >= 0.6 is 12.2 Å². The topological polar surface area (TPSA) is 103 Å². The molecule has 0 aliphatic carbocycles. The van der Waals surface area contributed by atoms with Gasteiger partial charge in [0.05, 0.1) is 16.4 Å². The third-order valence-corrected chi connectivity index (χ3v) is 5.03. The van der Waals surface area contributed by atoms with Crippen LogP contribution in [0, 0.1) is 22.4 Å². The zero-order chi connectivity index (χ0) is 19.8. The van der Waals surface area contributed by atoms with E-state index in [1.54, 1.807) is 35.9 Å². The Bertz CT molecular complexity index is 982. The SMILES string of the molecule is Cc1ccc[n+](C2C(c3ccccc3[N+](=O)[O-])C(=C=N)C(=S)NC2(C)O)c1. The molecule has 2 heterocycles. The number of piperidine rings is 1. The number of nitrogens with zero attached hydrogens (tertiary/aromatic N) is 2. The van der Waals surface area contributed by atoms with E-state index in [4.69, 9.17) is 17.6 Å². The molecule has 8 heteroatoms. The highest BCUT2D eigenvalue weighted by Crippen LogP contribution is 2.43. The van der Waals surface area contributed by atoms with Crippen molar-refractivity contribution < 1.29 is 14.6 Å². The number of benzene rings is 1. The Labute approximate surface area is 161 Å². The molecule has 3 atom stereocenters. The predicted octanol–water partition coefficient (Wildman–Crippen LogP) is 2.33. The van der Waals surface area contributed by atoms with Gasteiger partial charge in [-0.1, -0.05) is 30.4 Å². The van der Waals surface area contributed by atoms with Gasteiger partial charge in [0.25, 0.3) is 5.69 Å². The number of thiocarbonyl (C=S) groups is 1. The summed E-state index contributed by atoms with van der Waals surface area (Å²) >= 11 is 5.32. The van der Waals surface area contributed by atoms with Gasteiger partial charge in [0.15, 0.2) is 18.1 Å². The first-order valence-corrected chi connectivity index (χ1v) is 8.72. The van der Waals surface area contributed by atoms with Gasteiger partial charge in [-0.2, -0.15) is 4.57 Å². The molecule has 0 spiro atoms. The summed E-state index contributed by atoms with van der Waals surface area (Å²) in [6, 6.07) is 9.39. The van der Waals surface area contributed by atoms with Crippen LogP contribution in [0.4, 0.5) is 5.69 Å². The normalized spacial score (nSPS) is 24.9. The Kier molecular flexibility index (Phi) is 4.89. The van der Waals surface area contributed by atoms with E-state index in [0.29, 0.717) is 11.1 Å². The number of aromatic nitrogens is 1. The molecule has 0 bridgehead atoms. The summed E-state index contributed by atoms with van der Waals surface area (Å²) in [6.07, 6.45) is 3.63. The van der Waals surface area contributed by atoms with Crippen molar-refractivity contribution in [3.05, 3.63) is 75.6 Å². The zero-order valence-corrected chi connectivity index (χ0v) is 15.7. The molecule has 1 aromatic carbocycles. The average Bonchev–Trinajstić information content (AvgIpc) is 2.60. The molecule has 1 aliphatic rings. The summed E-state index contributed by atoms with van der Waals surface area (Å²) in [6.45, 7) is 3.49. The lowest BCUT2D eigenvalue weighted by atomic mass is 9.76. The van der Waals surface area contributed by atoms with Gasteiger partial charge in [-0.3, -0.25) is 15.5 Å². The molecule has 3 unspecified atom stereocenters. The monoisotopic (exact) mass is 383 g/mol. The van der Waals surface area contributed by atoms with Crippen molar-refractivity contribution in [2.45, 2.75) is 31.5 Å². The molecule has 1 fully saturated rings. The Morgan fingerprint density at radius 1 is 1.37 bits per heavy atom. The summed E-state index contributed by atoms with van der Waals surface area (Å²) in [5.74, 6) is 1.61. The van der Waals surface area contributed by atoms with E-state index in [9.17, 15) is 15.2 Å². The Hall–Kier alpha value is -2.93. The fourth-order valence-corrected chi connectivity index (χ4v) is 4.01. The van der Waals surface area contributed by atoms with E-state index in [1.165, 1.54) is 6.07 Å². The minimum Gasteiger partial charge on any atom is -0.366 e. The first kappa shape index (κ1) is 18.8. The minimum atomic E-state index is -1.50. The van der Waals surface area contributed by atoms with E-state index >= 15 is 0 Å². The lowest BCUT2D eigenvalue weighted by Crippen LogP contribution is -2.66. The number of nitro groups is 1. The highest BCUT2D eigenvalue weighted by atomic mass is 32.1. The maximum absolute atomic E-state index is 11.6. The summed E-state index contributed by atoms with van der Waals surface area (Å²) < 4.78 is 1.79. The molecule has 0 radical (unpaired) electrons. The standard InChI is InChI=1S/C19H18N4O3S/c1-12-6-5-9-22(11-12)17-16(13-7-3-4-8-15(13)23(25)26)14(10-20)18(27)21-19(17,2)24/h3-9,11,16-17,20,24H,1-2H3/p+1. The zero-order valence-electron chi connectivity index (χ0n) is 14.8. The van der Waals surface area contributed by atoms with Crippen molar-refractivity contribution in [2.75, 3.05) is 0 Å². The molecule has 0 saturated carbocycles. The van der Waals surface area contributed by atoms with Crippen LogP contribution in [0.25, 0.3) is 0 Å². The molecule has 1 aliphatic heterocycles. The van der Waals surface area contributed by atoms with Crippen LogP contribution in [0.3, 0.4) is 0 Å². The van der Waals surface area contributed by atoms with Crippen LogP contribution in [0.1, 0.15) is 30.0 Å². The fraction of sp³-hybridized carbons (Fsp3) is 0.263. The molecule has 2 aromatic rings. The third-order valence-electron chi connectivity index (χ3n) is 4.71. The quantitative estimate of drug-likeness (QED) is 0.188. The van der Waals surface area contributed by atoms with Gasteiger partial charge in [0.2, 0.25) is 6.04 Å². The summed E-state index contributed by atoms with van der Waals surface area (Å²) in [5, 5.41) is 33.3.